The first-order chi connectivity index (χ1) is 14.0. The lowest BCUT2D eigenvalue weighted by atomic mass is 9.74. The maximum absolute atomic E-state index is 13.2. The van der Waals surface area contributed by atoms with Crippen LogP contribution < -0.4 is 10.3 Å². The molecule has 0 bridgehead atoms. The summed E-state index contributed by atoms with van der Waals surface area (Å²) in [6.07, 6.45) is 3.90. The molecule has 2 aliphatic rings. The van der Waals surface area contributed by atoms with E-state index in [2.05, 4.69) is 55.7 Å². The van der Waals surface area contributed by atoms with Crippen molar-refractivity contribution in [3.05, 3.63) is 64.7 Å². The molecule has 1 saturated heterocycles. The zero-order chi connectivity index (χ0) is 20.4. The summed E-state index contributed by atoms with van der Waals surface area (Å²) in [7, 11) is 0. The second kappa shape index (κ2) is 7.99. The highest BCUT2D eigenvalue weighted by Gasteiger charge is 2.45. The van der Waals surface area contributed by atoms with Gasteiger partial charge in [0.25, 0.3) is 0 Å². The lowest BCUT2D eigenvalue weighted by molar-refractivity contribution is -0.118. The smallest absolute Gasteiger partial charge is 0.227 e. The molecule has 152 valence electrons. The van der Waals surface area contributed by atoms with Gasteiger partial charge >= 0.3 is 0 Å². The number of hydrazine groups is 1. The third-order valence-corrected chi connectivity index (χ3v) is 6.59. The number of benzene rings is 2. The summed E-state index contributed by atoms with van der Waals surface area (Å²) in [5.41, 5.74) is 8.87. The molecular weight excluding hydrogens is 362 g/mol. The first kappa shape index (κ1) is 19.6. The van der Waals surface area contributed by atoms with Gasteiger partial charge in [-0.1, -0.05) is 42.0 Å². The lowest BCUT2D eigenvalue weighted by Crippen LogP contribution is -2.50. The molecule has 1 N–H and O–H groups in total. The summed E-state index contributed by atoms with van der Waals surface area (Å²) in [5.74, 6) is 0.197. The second-order valence-corrected chi connectivity index (χ2v) is 8.44. The van der Waals surface area contributed by atoms with Crippen molar-refractivity contribution in [3.63, 3.8) is 0 Å². The number of amides is 2. The van der Waals surface area contributed by atoms with E-state index in [-0.39, 0.29) is 11.3 Å². The fourth-order valence-electron chi connectivity index (χ4n) is 4.92. The summed E-state index contributed by atoms with van der Waals surface area (Å²) in [4.78, 5) is 26.0. The summed E-state index contributed by atoms with van der Waals surface area (Å²) >= 11 is 0. The number of anilines is 1. The Kier molecular flexibility index (Phi) is 5.41. The van der Waals surface area contributed by atoms with E-state index in [9.17, 15) is 9.59 Å². The number of carbonyl (C=O) groups is 2. The van der Waals surface area contributed by atoms with Crippen molar-refractivity contribution in [2.45, 2.75) is 44.9 Å². The Morgan fingerprint density at radius 2 is 1.90 bits per heavy atom. The van der Waals surface area contributed by atoms with Gasteiger partial charge in [0.15, 0.2) is 0 Å². The number of hydrogen-bond acceptors (Lipinski definition) is 3. The second-order valence-electron chi connectivity index (χ2n) is 8.44. The van der Waals surface area contributed by atoms with E-state index >= 15 is 0 Å². The number of nitrogens with zero attached hydrogens (tertiary/aromatic N) is 2. The molecule has 2 amide bonds. The molecule has 5 heteroatoms. The molecule has 1 spiro atoms. The van der Waals surface area contributed by atoms with E-state index in [0.717, 1.165) is 51.0 Å². The van der Waals surface area contributed by atoms with Gasteiger partial charge in [0.2, 0.25) is 12.3 Å². The highest BCUT2D eigenvalue weighted by atomic mass is 16.2. The normalized spacial score (nSPS) is 17.9. The fourth-order valence-corrected chi connectivity index (χ4v) is 4.92. The lowest BCUT2D eigenvalue weighted by Gasteiger charge is -2.39. The van der Waals surface area contributed by atoms with Crippen LogP contribution in [0.15, 0.2) is 42.5 Å². The van der Waals surface area contributed by atoms with Crippen LogP contribution in [0.1, 0.15) is 41.5 Å². The zero-order valence-corrected chi connectivity index (χ0v) is 17.3. The molecule has 0 radical (unpaired) electrons. The molecule has 0 atom stereocenters. The summed E-state index contributed by atoms with van der Waals surface area (Å²) in [5, 5.41) is 1.96. The first-order valence-corrected chi connectivity index (χ1v) is 10.4. The zero-order valence-electron chi connectivity index (χ0n) is 17.3. The third kappa shape index (κ3) is 3.79. The van der Waals surface area contributed by atoms with Gasteiger partial charge in [-0.2, -0.15) is 0 Å². The van der Waals surface area contributed by atoms with Crippen molar-refractivity contribution in [2.24, 2.45) is 0 Å². The number of para-hydroxylation sites is 1. The van der Waals surface area contributed by atoms with Crippen molar-refractivity contribution in [1.82, 2.24) is 10.4 Å². The molecule has 0 saturated carbocycles. The molecule has 5 nitrogen and oxygen atoms in total. The highest BCUT2D eigenvalue weighted by Crippen LogP contribution is 2.46. The average molecular weight is 392 g/mol. The standard InChI is InChI=1S/C24H29N3O2/c1-18-7-8-20(19(2)15-18)9-10-23(29)27-16-24(21-5-3-4-6-22(21)27)11-13-26(14-12-24)25-17-28/h3-8,15,17H,9-14,16H2,1-2H3,(H,25,28). The summed E-state index contributed by atoms with van der Waals surface area (Å²) < 4.78 is 0. The van der Waals surface area contributed by atoms with Crippen LogP contribution in [-0.2, 0) is 21.4 Å². The molecule has 0 unspecified atom stereocenters. The van der Waals surface area contributed by atoms with E-state index in [1.54, 1.807) is 0 Å². The van der Waals surface area contributed by atoms with Crippen molar-refractivity contribution < 1.29 is 9.59 Å². The number of rotatable bonds is 5. The highest BCUT2D eigenvalue weighted by molar-refractivity contribution is 5.96. The first-order valence-electron chi connectivity index (χ1n) is 10.4. The van der Waals surface area contributed by atoms with E-state index in [1.807, 2.05) is 16.0 Å². The maximum Gasteiger partial charge on any atom is 0.227 e. The molecule has 1 fully saturated rings. The predicted molar refractivity (Wildman–Crippen MR) is 115 cm³/mol. The van der Waals surface area contributed by atoms with Crippen LogP contribution >= 0.6 is 0 Å². The van der Waals surface area contributed by atoms with E-state index in [0.29, 0.717) is 6.42 Å². The number of nitrogens with one attached hydrogen (secondary N) is 1. The minimum Gasteiger partial charge on any atom is -0.311 e. The number of aryl methyl sites for hydroxylation is 3. The van der Waals surface area contributed by atoms with E-state index in [1.165, 1.54) is 22.3 Å². The van der Waals surface area contributed by atoms with Crippen LogP contribution in [0.3, 0.4) is 0 Å². The summed E-state index contributed by atoms with van der Waals surface area (Å²) in [6.45, 7) is 6.56. The maximum atomic E-state index is 13.2. The van der Waals surface area contributed by atoms with Crippen LogP contribution in [0.4, 0.5) is 5.69 Å². The van der Waals surface area contributed by atoms with E-state index < -0.39 is 0 Å². The van der Waals surface area contributed by atoms with Crippen molar-refractivity contribution in [1.29, 1.82) is 0 Å². The molecule has 0 aromatic heterocycles. The SMILES string of the molecule is Cc1ccc(CCC(=O)N2CC3(CCN(NC=O)CC3)c3ccccc32)c(C)c1. The van der Waals surface area contributed by atoms with E-state index in [4.69, 9.17) is 0 Å². The average Bonchev–Trinajstić information content (AvgIpc) is 3.04. The Hall–Kier alpha value is -2.66. The van der Waals surface area contributed by atoms with Crippen LogP contribution in [0.5, 0.6) is 0 Å². The van der Waals surface area contributed by atoms with Crippen LogP contribution in [0.2, 0.25) is 0 Å². The number of hydrogen-bond donors (Lipinski definition) is 1. The molecule has 0 aliphatic carbocycles. The van der Waals surface area contributed by atoms with Crippen molar-refractivity contribution >= 4 is 18.0 Å². The molecule has 2 heterocycles. The Bertz CT molecular complexity index is 916. The van der Waals surface area contributed by atoms with Gasteiger partial charge in [0.05, 0.1) is 0 Å². The number of piperidine rings is 1. The largest absolute Gasteiger partial charge is 0.311 e. The Balaban J connectivity index is 1.50. The molecule has 2 aromatic rings. The Morgan fingerprint density at radius 1 is 1.14 bits per heavy atom. The topological polar surface area (TPSA) is 52.7 Å². The quantitative estimate of drug-likeness (QED) is 0.796. The van der Waals surface area contributed by atoms with Crippen LogP contribution in [0.25, 0.3) is 0 Å². The minimum absolute atomic E-state index is 0.00685. The Labute approximate surface area is 172 Å². The third-order valence-electron chi connectivity index (χ3n) is 6.59. The van der Waals surface area contributed by atoms with Gasteiger partial charge in [0, 0.05) is 37.2 Å². The number of carbonyl (C=O) groups excluding carboxylic acids is 2. The van der Waals surface area contributed by atoms with Crippen molar-refractivity contribution in [2.75, 3.05) is 24.5 Å². The Morgan fingerprint density at radius 3 is 2.62 bits per heavy atom. The van der Waals surface area contributed by atoms with Gasteiger partial charge in [-0.05, 0) is 55.9 Å². The van der Waals surface area contributed by atoms with Gasteiger partial charge in [0.1, 0.15) is 0 Å². The number of fused-ring (bicyclic) bond motifs is 2. The molecule has 29 heavy (non-hydrogen) atoms. The molecular formula is C24H29N3O2. The summed E-state index contributed by atoms with van der Waals surface area (Å²) in [6, 6.07) is 14.8. The van der Waals surface area contributed by atoms with Gasteiger partial charge in [-0.25, -0.2) is 5.01 Å². The molecule has 4 rings (SSSR count). The minimum atomic E-state index is -0.00685. The van der Waals surface area contributed by atoms with Crippen LogP contribution in [-0.4, -0.2) is 37.0 Å². The van der Waals surface area contributed by atoms with Crippen LogP contribution in [0, 0.1) is 13.8 Å². The van der Waals surface area contributed by atoms with Crippen molar-refractivity contribution in [3.8, 4) is 0 Å². The predicted octanol–water partition coefficient (Wildman–Crippen LogP) is 3.28. The fraction of sp³-hybridized carbons (Fsp3) is 0.417. The van der Waals surface area contributed by atoms with Gasteiger partial charge in [-0.3, -0.25) is 15.0 Å². The molecule has 2 aromatic carbocycles. The monoisotopic (exact) mass is 391 g/mol. The molecule has 2 aliphatic heterocycles. The van der Waals surface area contributed by atoms with Gasteiger partial charge < -0.3 is 4.90 Å². The van der Waals surface area contributed by atoms with Gasteiger partial charge in [-0.15, -0.1) is 0 Å².